The van der Waals surface area contributed by atoms with Crippen LogP contribution in [0.25, 0.3) is 0 Å². The van der Waals surface area contributed by atoms with Gasteiger partial charge in [0.25, 0.3) is 0 Å². The Balaban J connectivity index is 0.000000271. The molecule has 0 amide bonds. The second kappa shape index (κ2) is 13.2. The van der Waals surface area contributed by atoms with Gasteiger partial charge in [-0.25, -0.2) is 9.59 Å². The smallest absolute Gasteiger partial charge is 0.475 e. The summed E-state index contributed by atoms with van der Waals surface area (Å²) in [5.41, 5.74) is 1.01. The van der Waals surface area contributed by atoms with Gasteiger partial charge in [0.1, 0.15) is 0 Å². The van der Waals surface area contributed by atoms with Crippen molar-refractivity contribution in [2.24, 2.45) is 5.92 Å². The molecule has 0 aromatic carbocycles. The number of carboxylic acid groups (broad SMARTS) is 2. The van der Waals surface area contributed by atoms with Gasteiger partial charge in [0.05, 0.1) is 24.5 Å². The molecule has 1 aromatic rings. The lowest BCUT2D eigenvalue weighted by Gasteiger charge is -2.43. The van der Waals surface area contributed by atoms with Crippen molar-refractivity contribution in [1.29, 1.82) is 0 Å². The zero-order chi connectivity index (χ0) is 26.9. The third kappa shape index (κ3) is 9.54. The van der Waals surface area contributed by atoms with Gasteiger partial charge in [-0.1, -0.05) is 12.5 Å². The minimum absolute atomic E-state index is 0.229. The third-order valence-electron chi connectivity index (χ3n) is 6.01. The van der Waals surface area contributed by atoms with Crippen LogP contribution < -0.4 is 0 Å². The Bertz CT molecular complexity index is 811. The van der Waals surface area contributed by atoms with Crippen LogP contribution in [0.4, 0.5) is 26.3 Å². The number of hydrogen-bond donors (Lipinski definition) is 2. The van der Waals surface area contributed by atoms with Crippen LogP contribution in [0.2, 0.25) is 0 Å². The molecule has 204 valence electrons. The van der Waals surface area contributed by atoms with Gasteiger partial charge in [0.2, 0.25) is 0 Å². The number of likely N-dealkylation sites (tertiary alicyclic amines) is 1. The highest BCUT2D eigenvalue weighted by Crippen LogP contribution is 2.34. The standard InChI is InChI=1S/C18H26N2O2.2C2HF3O2/c1-2-9-19-15(6-1)13-22-17-7-10-20(12-14-4-3-5-14)16-8-11-21-18(16)17;2*3-2(4,5)1(6)7/h1-2,6,9,14,16-18H,3-5,7-8,10-13H2;2*(H,6,7)/t16-,17+,18-;;/m0../s1. The molecule has 0 radical (unpaired) electrons. The van der Waals surface area contributed by atoms with Gasteiger partial charge in [0.15, 0.2) is 0 Å². The number of aromatic nitrogens is 1. The van der Waals surface area contributed by atoms with Gasteiger partial charge >= 0.3 is 24.3 Å². The third-order valence-corrected chi connectivity index (χ3v) is 6.01. The molecule has 14 heteroatoms. The molecule has 1 saturated carbocycles. The summed E-state index contributed by atoms with van der Waals surface area (Å²) in [6.07, 6.45) is -1.32. The van der Waals surface area contributed by atoms with Gasteiger partial charge in [-0.15, -0.1) is 0 Å². The Kier molecular flexibility index (Phi) is 10.9. The van der Waals surface area contributed by atoms with E-state index in [-0.39, 0.29) is 12.2 Å². The van der Waals surface area contributed by atoms with E-state index in [9.17, 15) is 26.3 Å². The van der Waals surface area contributed by atoms with Crippen molar-refractivity contribution in [3.8, 4) is 0 Å². The molecule has 0 unspecified atom stereocenters. The highest BCUT2D eigenvalue weighted by Gasteiger charge is 2.43. The molecule has 3 aliphatic rings. The number of piperidine rings is 1. The van der Waals surface area contributed by atoms with Crippen molar-refractivity contribution < 1.29 is 55.6 Å². The van der Waals surface area contributed by atoms with Crippen molar-refractivity contribution >= 4 is 11.9 Å². The molecule has 0 spiro atoms. The SMILES string of the molecule is O=C(O)C(F)(F)F.O=C(O)C(F)(F)F.c1ccc(CO[C@@H]2CCN(CC3CCC3)[C@H]3CCO[C@H]23)nc1. The molecule has 2 N–H and O–H groups in total. The Morgan fingerprint density at radius 3 is 2.11 bits per heavy atom. The molecule has 3 heterocycles. The second-order valence-electron chi connectivity index (χ2n) is 8.55. The second-order valence-corrected chi connectivity index (χ2v) is 8.55. The average molecular weight is 530 g/mol. The summed E-state index contributed by atoms with van der Waals surface area (Å²) in [4.78, 5) is 24.8. The van der Waals surface area contributed by atoms with E-state index < -0.39 is 24.3 Å². The molecule has 3 fully saturated rings. The predicted octanol–water partition coefficient (Wildman–Crippen LogP) is 3.90. The maximum atomic E-state index is 10.6. The molecule has 1 aliphatic carbocycles. The summed E-state index contributed by atoms with van der Waals surface area (Å²) in [5.74, 6) is -4.58. The van der Waals surface area contributed by atoms with Crippen LogP contribution in [-0.4, -0.2) is 82.3 Å². The van der Waals surface area contributed by atoms with Crippen LogP contribution in [0.3, 0.4) is 0 Å². The summed E-state index contributed by atoms with van der Waals surface area (Å²) in [6.45, 7) is 3.92. The summed E-state index contributed by atoms with van der Waals surface area (Å²) < 4.78 is 75.7. The molecule has 1 aromatic heterocycles. The number of halogens is 6. The van der Waals surface area contributed by atoms with E-state index in [2.05, 4.69) is 9.88 Å². The predicted molar refractivity (Wildman–Crippen MR) is 112 cm³/mol. The van der Waals surface area contributed by atoms with Gasteiger partial charge in [-0.05, 0) is 43.7 Å². The van der Waals surface area contributed by atoms with E-state index in [1.54, 1.807) is 0 Å². The fourth-order valence-electron chi connectivity index (χ4n) is 4.06. The normalized spacial score (nSPS) is 24.3. The fourth-order valence-corrected chi connectivity index (χ4v) is 4.06. The zero-order valence-electron chi connectivity index (χ0n) is 19.2. The van der Waals surface area contributed by atoms with Gasteiger partial charge < -0.3 is 19.7 Å². The molecule has 4 rings (SSSR count). The number of alkyl halides is 6. The van der Waals surface area contributed by atoms with Crippen LogP contribution in [0.15, 0.2) is 24.4 Å². The largest absolute Gasteiger partial charge is 0.490 e. The van der Waals surface area contributed by atoms with E-state index in [1.165, 1.54) is 32.2 Å². The highest BCUT2D eigenvalue weighted by molar-refractivity contribution is 5.73. The first-order valence-electron chi connectivity index (χ1n) is 11.3. The van der Waals surface area contributed by atoms with Gasteiger partial charge in [-0.2, -0.15) is 26.3 Å². The van der Waals surface area contributed by atoms with Crippen LogP contribution in [0.1, 0.15) is 37.8 Å². The maximum Gasteiger partial charge on any atom is 0.490 e. The van der Waals surface area contributed by atoms with E-state index in [0.29, 0.717) is 12.6 Å². The molecular formula is C22H28F6N2O6. The monoisotopic (exact) mass is 530 g/mol. The number of ether oxygens (including phenoxy) is 2. The first-order chi connectivity index (χ1) is 16.8. The number of nitrogens with zero attached hydrogens (tertiary/aromatic N) is 2. The first-order valence-corrected chi connectivity index (χ1v) is 11.3. The molecular weight excluding hydrogens is 502 g/mol. The number of rotatable bonds is 5. The topological polar surface area (TPSA) is 109 Å². The number of carboxylic acids is 2. The molecule has 8 nitrogen and oxygen atoms in total. The minimum Gasteiger partial charge on any atom is -0.475 e. The maximum absolute atomic E-state index is 10.6. The Morgan fingerprint density at radius 2 is 1.64 bits per heavy atom. The van der Waals surface area contributed by atoms with Crippen LogP contribution in [0.5, 0.6) is 0 Å². The number of hydrogen-bond acceptors (Lipinski definition) is 6. The molecule has 2 saturated heterocycles. The van der Waals surface area contributed by atoms with Crippen molar-refractivity contribution in [2.45, 2.75) is 69.3 Å². The van der Waals surface area contributed by atoms with E-state index >= 15 is 0 Å². The summed E-state index contributed by atoms with van der Waals surface area (Å²) in [6, 6.07) is 6.56. The van der Waals surface area contributed by atoms with Crippen LogP contribution in [-0.2, 0) is 25.7 Å². The minimum atomic E-state index is -5.08. The Morgan fingerprint density at radius 1 is 1.03 bits per heavy atom. The lowest BCUT2D eigenvalue weighted by molar-refractivity contribution is -0.193. The zero-order valence-corrected chi connectivity index (χ0v) is 19.2. The van der Waals surface area contributed by atoms with Crippen molar-refractivity contribution in [3.63, 3.8) is 0 Å². The van der Waals surface area contributed by atoms with Gasteiger partial charge in [-0.3, -0.25) is 9.88 Å². The lowest BCUT2D eigenvalue weighted by atomic mass is 9.83. The van der Waals surface area contributed by atoms with Crippen molar-refractivity contribution in [3.05, 3.63) is 30.1 Å². The molecule has 3 atom stereocenters. The Hall–Kier alpha value is -2.45. The lowest BCUT2D eigenvalue weighted by Crippen LogP contribution is -2.54. The first kappa shape index (κ1) is 29.8. The fraction of sp³-hybridized carbons (Fsp3) is 0.682. The number of pyridine rings is 1. The summed E-state index contributed by atoms with van der Waals surface area (Å²) >= 11 is 0. The van der Waals surface area contributed by atoms with E-state index in [0.717, 1.165) is 31.2 Å². The van der Waals surface area contributed by atoms with E-state index in [1.807, 2.05) is 24.4 Å². The number of fused-ring (bicyclic) bond motifs is 1. The van der Waals surface area contributed by atoms with Crippen LogP contribution >= 0.6 is 0 Å². The molecule has 36 heavy (non-hydrogen) atoms. The average Bonchev–Trinajstić information content (AvgIpc) is 3.26. The number of aliphatic carboxylic acids is 2. The summed E-state index contributed by atoms with van der Waals surface area (Å²) in [7, 11) is 0. The van der Waals surface area contributed by atoms with Crippen molar-refractivity contribution in [2.75, 3.05) is 19.7 Å². The Labute approximate surface area is 203 Å². The van der Waals surface area contributed by atoms with Crippen molar-refractivity contribution in [1.82, 2.24) is 9.88 Å². The van der Waals surface area contributed by atoms with Crippen LogP contribution in [0, 0.1) is 5.92 Å². The van der Waals surface area contributed by atoms with Gasteiger partial charge in [0, 0.05) is 31.9 Å². The van der Waals surface area contributed by atoms with E-state index in [4.69, 9.17) is 29.3 Å². The number of carbonyl (C=O) groups is 2. The molecule has 2 aliphatic heterocycles. The molecule has 0 bridgehead atoms. The quantitative estimate of drug-likeness (QED) is 0.552. The summed E-state index contributed by atoms with van der Waals surface area (Å²) in [5, 5.41) is 14.2. The highest BCUT2D eigenvalue weighted by atomic mass is 19.4.